The van der Waals surface area contributed by atoms with Crippen molar-refractivity contribution in [1.82, 2.24) is 15.3 Å². The van der Waals surface area contributed by atoms with Crippen LogP contribution in [-0.2, 0) is 0 Å². The van der Waals surface area contributed by atoms with Gasteiger partial charge in [0, 0.05) is 19.1 Å². The lowest BCUT2D eigenvalue weighted by Gasteiger charge is -2.08. The van der Waals surface area contributed by atoms with Gasteiger partial charge in [-0.3, -0.25) is 9.59 Å². The number of rotatable bonds is 8. The summed E-state index contributed by atoms with van der Waals surface area (Å²) >= 11 is 0. The van der Waals surface area contributed by atoms with Crippen LogP contribution in [-0.4, -0.2) is 34.1 Å². The van der Waals surface area contributed by atoms with Gasteiger partial charge >= 0.3 is 0 Å². The predicted molar refractivity (Wildman–Crippen MR) is 79.5 cm³/mol. The highest BCUT2D eigenvalue weighted by Crippen LogP contribution is 2.37. The maximum absolute atomic E-state index is 12.1. The summed E-state index contributed by atoms with van der Waals surface area (Å²) in [4.78, 5) is 31.1. The van der Waals surface area contributed by atoms with E-state index in [9.17, 15) is 9.59 Å². The molecule has 0 spiro atoms. The van der Waals surface area contributed by atoms with E-state index in [1.54, 1.807) is 6.92 Å². The van der Waals surface area contributed by atoms with Crippen LogP contribution in [0.2, 0.25) is 0 Å². The average Bonchev–Trinajstić information content (AvgIpc) is 3.26. The Bertz CT molecular complexity index is 550. The van der Waals surface area contributed by atoms with Crippen LogP contribution in [0.1, 0.15) is 66.3 Å². The van der Waals surface area contributed by atoms with E-state index in [1.165, 1.54) is 0 Å². The van der Waals surface area contributed by atoms with Crippen LogP contribution in [0.4, 0.5) is 0 Å². The molecule has 1 amide bonds. The van der Waals surface area contributed by atoms with E-state index in [0.29, 0.717) is 24.0 Å². The van der Waals surface area contributed by atoms with Gasteiger partial charge in [-0.05, 0) is 32.6 Å². The van der Waals surface area contributed by atoms with Gasteiger partial charge in [-0.2, -0.15) is 0 Å². The van der Waals surface area contributed by atoms with Gasteiger partial charge in [0.15, 0.2) is 0 Å². The van der Waals surface area contributed by atoms with Crippen molar-refractivity contribution in [2.75, 3.05) is 13.2 Å². The predicted octanol–water partition coefficient (Wildman–Crippen LogP) is 1.24. The number of hydrogen-bond donors (Lipinski definition) is 3. The molecule has 1 saturated carbocycles. The van der Waals surface area contributed by atoms with Gasteiger partial charge < -0.3 is 15.4 Å². The lowest BCUT2D eigenvalue weighted by molar-refractivity contribution is 0.0950. The second kappa shape index (κ2) is 7.36. The lowest BCUT2D eigenvalue weighted by Crippen LogP contribution is -2.32. The summed E-state index contributed by atoms with van der Waals surface area (Å²) < 4.78 is 0. The smallest absolute Gasteiger partial charge is 0.264 e. The molecule has 0 bridgehead atoms. The number of nitrogens with one attached hydrogen (secondary N) is 2. The number of hydrogen-bond acceptors (Lipinski definition) is 4. The van der Waals surface area contributed by atoms with E-state index in [-0.39, 0.29) is 23.6 Å². The number of aromatic nitrogens is 2. The molecule has 116 valence electrons. The summed E-state index contributed by atoms with van der Waals surface area (Å²) in [7, 11) is 0. The van der Waals surface area contributed by atoms with Crippen molar-refractivity contribution in [3.8, 4) is 0 Å². The Morgan fingerprint density at radius 3 is 2.67 bits per heavy atom. The standard InChI is InChI=1S/C15H23N3O3/c1-10-12(14(20)16-8-4-2-3-5-9-19)15(21)18-13(17-10)11-6-7-11/h11,19H,2-9H2,1H3,(H,16,20)(H,17,18,21). The van der Waals surface area contributed by atoms with E-state index in [2.05, 4.69) is 15.3 Å². The van der Waals surface area contributed by atoms with Crippen molar-refractivity contribution in [2.24, 2.45) is 0 Å². The first kappa shape index (κ1) is 15.7. The molecule has 1 aliphatic rings. The molecule has 6 heteroatoms. The van der Waals surface area contributed by atoms with Crippen LogP contribution in [0.15, 0.2) is 4.79 Å². The Morgan fingerprint density at radius 1 is 1.33 bits per heavy atom. The molecular formula is C15H23N3O3. The Balaban J connectivity index is 1.88. The number of nitrogens with zero attached hydrogens (tertiary/aromatic N) is 1. The molecule has 1 aromatic rings. The highest BCUT2D eigenvalue weighted by molar-refractivity contribution is 5.94. The van der Waals surface area contributed by atoms with E-state index in [4.69, 9.17) is 5.11 Å². The van der Waals surface area contributed by atoms with Gasteiger partial charge in [-0.15, -0.1) is 0 Å². The summed E-state index contributed by atoms with van der Waals surface area (Å²) in [5.41, 5.74) is 0.273. The van der Waals surface area contributed by atoms with Crippen LogP contribution < -0.4 is 10.9 Å². The Hall–Kier alpha value is -1.69. The van der Waals surface area contributed by atoms with E-state index in [0.717, 1.165) is 38.5 Å². The van der Waals surface area contributed by atoms with Gasteiger partial charge in [-0.1, -0.05) is 12.8 Å². The van der Waals surface area contributed by atoms with Gasteiger partial charge in [0.25, 0.3) is 11.5 Å². The fraction of sp³-hybridized carbons (Fsp3) is 0.667. The van der Waals surface area contributed by atoms with Gasteiger partial charge in [0.2, 0.25) is 0 Å². The summed E-state index contributed by atoms with van der Waals surface area (Å²) in [6.07, 6.45) is 5.65. The molecule has 2 rings (SSSR count). The highest BCUT2D eigenvalue weighted by Gasteiger charge is 2.27. The van der Waals surface area contributed by atoms with Gasteiger partial charge in [-0.25, -0.2) is 4.98 Å². The fourth-order valence-corrected chi connectivity index (χ4v) is 2.31. The zero-order chi connectivity index (χ0) is 15.2. The van der Waals surface area contributed by atoms with Crippen molar-refractivity contribution in [1.29, 1.82) is 0 Å². The van der Waals surface area contributed by atoms with Crippen molar-refractivity contribution in [3.63, 3.8) is 0 Å². The zero-order valence-electron chi connectivity index (χ0n) is 12.4. The molecule has 3 N–H and O–H groups in total. The minimum Gasteiger partial charge on any atom is -0.396 e. The van der Waals surface area contributed by atoms with Crippen molar-refractivity contribution in [3.05, 3.63) is 27.4 Å². The fourth-order valence-electron chi connectivity index (χ4n) is 2.31. The van der Waals surface area contributed by atoms with Crippen molar-refractivity contribution in [2.45, 2.75) is 51.4 Å². The Labute approximate surface area is 124 Å². The van der Waals surface area contributed by atoms with E-state index >= 15 is 0 Å². The largest absolute Gasteiger partial charge is 0.396 e. The molecule has 0 saturated heterocycles. The lowest BCUT2D eigenvalue weighted by atomic mass is 10.2. The molecule has 21 heavy (non-hydrogen) atoms. The quantitative estimate of drug-likeness (QED) is 0.628. The second-order valence-corrected chi connectivity index (χ2v) is 5.58. The number of carbonyl (C=O) groups is 1. The highest BCUT2D eigenvalue weighted by atomic mass is 16.3. The molecule has 0 aromatic carbocycles. The molecule has 0 unspecified atom stereocenters. The number of aromatic amines is 1. The number of aliphatic hydroxyl groups excluding tert-OH is 1. The summed E-state index contributed by atoms with van der Waals surface area (Å²) in [5, 5.41) is 11.4. The maximum Gasteiger partial charge on any atom is 0.264 e. The number of amides is 1. The molecule has 1 fully saturated rings. The number of carbonyl (C=O) groups excluding carboxylic acids is 1. The molecule has 0 radical (unpaired) electrons. The second-order valence-electron chi connectivity index (χ2n) is 5.58. The normalized spacial score (nSPS) is 14.2. The summed E-state index contributed by atoms with van der Waals surface area (Å²) in [5.74, 6) is 0.712. The molecule has 1 aromatic heterocycles. The average molecular weight is 293 g/mol. The third-order valence-electron chi connectivity index (χ3n) is 3.68. The van der Waals surface area contributed by atoms with Crippen LogP contribution in [0.25, 0.3) is 0 Å². The van der Waals surface area contributed by atoms with E-state index < -0.39 is 0 Å². The summed E-state index contributed by atoms with van der Waals surface area (Å²) in [6.45, 7) is 2.45. The molecule has 0 aliphatic heterocycles. The minimum atomic E-state index is -0.356. The Kier molecular flexibility index (Phi) is 5.50. The molecule has 1 heterocycles. The number of H-pyrrole nitrogens is 1. The Morgan fingerprint density at radius 2 is 2.05 bits per heavy atom. The van der Waals surface area contributed by atoms with E-state index in [1.807, 2.05) is 0 Å². The van der Waals surface area contributed by atoms with Gasteiger partial charge in [0.1, 0.15) is 11.4 Å². The van der Waals surface area contributed by atoms with Crippen LogP contribution in [0, 0.1) is 6.92 Å². The van der Waals surface area contributed by atoms with Crippen molar-refractivity contribution < 1.29 is 9.90 Å². The first-order chi connectivity index (χ1) is 10.1. The molecule has 6 nitrogen and oxygen atoms in total. The van der Waals surface area contributed by atoms with Gasteiger partial charge in [0.05, 0.1) is 5.69 Å². The van der Waals surface area contributed by atoms with Crippen LogP contribution in [0.5, 0.6) is 0 Å². The number of unbranched alkanes of at least 4 members (excludes halogenated alkanes) is 3. The zero-order valence-corrected chi connectivity index (χ0v) is 12.4. The molecule has 0 atom stereocenters. The number of aliphatic hydroxyl groups is 1. The first-order valence-electron chi connectivity index (χ1n) is 7.63. The number of aryl methyl sites for hydroxylation is 1. The van der Waals surface area contributed by atoms with Crippen LogP contribution in [0.3, 0.4) is 0 Å². The molecular weight excluding hydrogens is 270 g/mol. The monoisotopic (exact) mass is 293 g/mol. The minimum absolute atomic E-state index is 0.120. The van der Waals surface area contributed by atoms with Crippen LogP contribution >= 0.6 is 0 Å². The summed E-state index contributed by atoms with van der Waals surface area (Å²) in [6, 6.07) is 0. The SMILES string of the molecule is Cc1nc(C2CC2)[nH]c(=O)c1C(=O)NCCCCCCO. The molecule has 1 aliphatic carbocycles. The third kappa shape index (κ3) is 4.39. The first-order valence-corrected chi connectivity index (χ1v) is 7.63. The maximum atomic E-state index is 12.1. The third-order valence-corrected chi connectivity index (χ3v) is 3.68. The topological polar surface area (TPSA) is 95.1 Å². The van der Waals surface area contributed by atoms with Crippen molar-refractivity contribution >= 4 is 5.91 Å².